The third-order valence-corrected chi connectivity index (χ3v) is 3.01. The van der Waals surface area contributed by atoms with Crippen molar-refractivity contribution < 1.29 is 0 Å². The fourth-order valence-electron chi connectivity index (χ4n) is 0.809. The molecule has 1 nitrogen and oxygen atoms in total. The Bertz CT molecular complexity index is 236. The minimum atomic E-state index is 1.11. The van der Waals surface area contributed by atoms with Gasteiger partial charge in [0.1, 0.15) is 0 Å². The molecule has 2 heteroatoms. The maximum absolute atomic E-state index is 4.22. The summed E-state index contributed by atoms with van der Waals surface area (Å²) in [6.45, 7) is 6.17. The Balaban J connectivity index is 2.98. The molecule has 0 saturated heterocycles. The van der Waals surface area contributed by atoms with E-state index in [2.05, 4.69) is 34.7 Å². The standard InChI is InChI=1S/C8H10NSe/c1-5-4-9-7(3)6(2)8(5)10/h4H,1-3H3. The van der Waals surface area contributed by atoms with Gasteiger partial charge in [-0.25, -0.2) is 0 Å². The number of hydrogen-bond acceptors (Lipinski definition) is 0. The Hall–Kier alpha value is -0.331. The third kappa shape index (κ3) is 1.23. The van der Waals surface area contributed by atoms with Crippen LogP contribution in [0, 0.1) is 0 Å². The Kier molecular flexibility index (Phi) is 2.12. The fourth-order valence-corrected chi connectivity index (χ4v) is 1.23. The average Bonchev–Trinajstić information content (AvgIpc) is 1.93. The van der Waals surface area contributed by atoms with Crippen molar-refractivity contribution in [3.05, 3.63) is 23.0 Å². The third-order valence-electron chi connectivity index (χ3n) is 1.69. The van der Waals surface area contributed by atoms with Crippen LogP contribution < -0.4 is 5.32 Å². The molecule has 0 saturated carbocycles. The van der Waals surface area contributed by atoms with Crippen molar-refractivity contribution in [2.24, 2.45) is 0 Å². The second kappa shape index (κ2) is 2.73. The summed E-state index contributed by atoms with van der Waals surface area (Å²) < 4.78 is 1.24. The van der Waals surface area contributed by atoms with Crippen molar-refractivity contribution in [1.29, 1.82) is 0 Å². The summed E-state index contributed by atoms with van der Waals surface area (Å²) in [5.41, 5.74) is 3.60. The summed E-state index contributed by atoms with van der Waals surface area (Å²) in [5, 5.41) is 4.22. The van der Waals surface area contributed by atoms with Crippen molar-refractivity contribution in [3.63, 3.8) is 0 Å². The van der Waals surface area contributed by atoms with Crippen molar-refractivity contribution >= 4 is 20.0 Å². The van der Waals surface area contributed by atoms with Crippen molar-refractivity contribution in [2.45, 2.75) is 20.8 Å². The van der Waals surface area contributed by atoms with Gasteiger partial charge in [0.15, 0.2) is 0 Å². The van der Waals surface area contributed by atoms with Gasteiger partial charge >= 0.3 is 69.1 Å². The zero-order valence-electron chi connectivity index (χ0n) is 6.43. The first kappa shape index (κ1) is 7.77. The number of nitrogens with zero attached hydrogens (tertiary/aromatic N) is 1. The van der Waals surface area contributed by atoms with Crippen LogP contribution in [0.25, 0.3) is 0 Å². The van der Waals surface area contributed by atoms with Crippen molar-refractivity contribution in [1.82, 2.24) is 5.32 Å². The molecule has 10 heavy (non-hydrogen) atoms. The van der Waals surface area contributed by atoms with Gasteiger partial charge in [-0.1, -0.05) is 0 Å². The Morgan fingerprint density at radius 2 is 1.90 bits per heavy atom. The van der Waals surface area contributed by atoms with Crippen molar-refractivity contribution in [3.8, 4) is 0 Å². The first-order chi connectivity index (χ1) is 4.63. The van der Waals surface area contributed by atoms with Crippen LogP contribution in [0.3, 0.4) is 0 Å². The first-order valence-electron chi connectivity index (χ1n) is 3.22. The van der Waals surface area contributed by atoms with Gasteiger partial charge in [0.05, 0.1) is 0 Å². The van der Waals surface area contributed by atoms with E-state index in [-0.39, 0.29) is 0 Å². The van der Waals surface area contributed by atoms with E-state index in [1.165, 1.54) is 15.6 Å². The van der Waals surface area contributed by atoms with Gasteiger partial charge in [0, 0.05) is 0 Å². The van der Waals surface area contributed by atoms with E-state index in [9.17, 15) is 0 Å². The van der Waals surface area contributed by atoms with Gasteiger partial charge < -0.3 is 0 Å². The molecule has 0 spiro atoms. The minimum absolute atomic E-state index is 1.11. The van der Waals surface area contributed by atoms with E-state index < -0.39 is 0 Å². The molecule has 0 atom stereocenters. The van der Waals surface area contributed by atoms with Gasteiger partial charge in [-0.3, -0.25) is 0 Å². The normalized spacial score (nSPS) is 18.7. The molecule has 0 N–H and O–H groups in total. The summed E-state index contributed by atoms with van der Waals surface area (Å²) in [6.07, 6.45) is 1.90. The van der Waals surface area contributed by atoms with Crippen LogP contribution >= 0.6 is 0 Å². The van der Waals surface area contributed by atoms with Crippen LogP contribution in [0.2, 0.25) is 0 Å². The second-order valence-corrected chi connectivity index (χ2v) is 3.34. The Morgan fingerprint density at radius 3 is 2.40 bits per heavy atom. The fraction of sp³-hybridized carbons (Fsp3) is 0.375. The predicted molar refractivity (Wildman–Crippen MR) is 45.0 cm³/mol. The SMILES string of the molecule is CC1=C[N]C(C)=C(C)C1=[Se]. The molecule has 0 aromatic heterocycles. The molecule has 0 aliphatic carbocycles. The van der Waals surface area contributed by atoms with Crippen LogP contribution in [0.1, 0.15) is 20.8 Å². The molecule has 1 aliphatic heterocycles. The van der Waals surface area contributed by atoms with E-state index in [0.29, 0.717) is 0 Å². The van der Waals surface area contributed by atoms with Crippen LogP contribution in [-0.4, -0.2) is 20.0 Å². The number of rotatable bonds is 0. The molecule has 1 radical (unpaired) electrons. The van der Waals surface area contributed by atoms with Gasteiger partial charge in [-0.2, -0.15) is 0 Å². The van der Waals surface area contributed by atoms with Crippen LogP contribution in [-0.2, 0) is 0 Å². The van der Waals surface area contributed by atoms with Gasteiger partial charge in [0.2, 0.25) is 0 Å². The van der Waals surface area contributed by atoms with Gasteiger partial charge in [-0.05, 0) is 0 Å². The molecule has 1 heterocycles. The monoisotopic (exact) mass is 200 g/mol. The van der Waals surface area contributed by atoms with E-state index in [0.717, 1.165) is 5.70 Å². The summed E-state index contributed by atoms with van der Waals surface area (Å²) in [6, 6.07) is 0. The van der Waals surface area contributed by atoms with Crippen LogP contribution in [0.15, 0.2) is 23.0 Å². The maximum atomic E-state index is 4.22. The molecule has 0 fully saturated rings. The molecule has 0 unspecified atom stereocenters. The van der Waals surface area contributed by atoms with E-state index in [1.54, 1.807) is 0 Å². The quantitative estimate of drug-likeness (QED) is 0.519. The average molecular weight is 199 g/mol. The molecule has 1 aliphatic rings. The molecule has 0 aromatic carbocycles. The molecule has 0 amide bonds. The van der Waals surface area contributed by atoms with Crippen molar-refractivity contribution in [2.75, 3.05) is 0 Å². The molecule has 0 bridgehead atoms. The Labute approximate surface area is 69.6 Å². The van der Waals surface area contributed by atoms with Crippen LogP contribution in [0.4, 0.5) is 0 Å². The molecular formula is C8H10NSe. The van der Waals surface area contributed by atoms with E-state index >= 15 is 0 Å². The summed E-state index contributed by atoms with van der Waals surface area (Å²) in [4.78, 5) is 0. The van der Waals surface area contributed by atoms with E-state index in [1.807, 2.05) is 13.1 Å². The van der Waals surface area contributed by atoms with Gasteiger partial charge in [0.25, 0.3) is 0 Å². The second-order valence-electron chi connectivity index (χ2n) is 2.48. The Morgan fingerprint density at radius 1 is 1.30 bits per heavy atom. The number of allylic oxidation sites excluding steroid dienone is 3. The molecule has 53 valence electrons. The topological polar surface area (TPSA) is 14.1 Å². The molecular weight excluding hydrogens is 189 g/mol. The first-order valence-corrected chi connectivity index (χ1v) is 4.08. The summed E-state index contributed by atoms with van der Waals surface area (Å²) in [7, 11) is 0. The number of hydrogen-bond donors (Lipinski definition) is 0. The van der Waals surface area contributed by atoms with Crippen LogP contribution in [0.5, 0.6) is 0 Å². The predicted octanol–water partition coefficient (Wildman–Crippen LogP) is 1.14. The zero-order valence-corrected chi connectivity index (χ0v) is 8.15. The van der Waals surface area contributed by atoms with E-state index in [4.69, 9.17) is 0 Å². The summed E-state index contributed by atoms with van der Waals surface area (Å²) in [5.74, 6) is 0. The molecule has 0 aromatic rings. The zero-order chi connectivity index (χ0) is 7.72. The van der Waals surface area contributed by atoms with Gasteiger partial charge in [-0.15, -0.1) is 0 Å². The summed E-state index contributed by atoms with van der Waals surface area (Å²) >= 11 is 3.04. The molecule has 1 rings (SSSR count).